The molecule has 7 heteroatoms. The van der Waals surface area contributed by atoms with Crippen LogP contribution in [0.25, 0.3) is 0 Å². The molecule has 2 aromatic carbocycles. The molecule has 1 fully saturated rings. The van der Waals surface area contributed by atoms with E-state index in [4.69, 9.17) is 17.3 Å². The molecule has 0 aromatic heterocycles. The van der Waals surface area contributed by atoms with E-state index in [0.717, 1.165) is 0 Å². The van der Waals surface area contributed by atoms with Crippen LogP contribution in [0.5, 0.6) is 0 Å². The minimum absolute atomic E-state index is 0.102. The number of nitrogens with two attached hydrogens (primary N) is 1. The van der Waals surface area contributed by atoms with Gasteiger partial charge in [0.15, 0.2) is 9.84 Å². The van der Waals surface area contributed by atoms with Crippen LogP contribution in [0.15, 0.2) is 59.5 Å². The van der Waals surface area contributed by atoms with E-state index in [1.54, 1.807) is 42.5 Å². The van der Waals surface area contributed by atoms with Gasteiger partial charge in [-0.1, -0.05) is 41.9 Å². The van der Waals surface area contributed by atoms with Crippen molar-refractivity contribution < 1.29 is 18.3 Å². The zero-order chi connectivity index (χ0) is 17.5. The monoisotopic (exact) mass is 365 g/mol. The molecule has 3 rings (SSSR count). The van der Waals surface area contributed by atoms with Gasteiger partial charge in [0.25, 0.3) is 0 Å². The first-order valence-corrected chi connectivity index (χ1v) is 9.26. The van der Waals surface area contributed by atoms with Gasteiger partial charge in [-0.15, -0.1) is 0 Å². The van der Waals surface area contributed by atoms with E-state index in [1.807, 2.05) is 0 Å². The van der Waals surface area contributed by atoms with E-state index in [0.29, 0.717) is 10.6 Å². The van der Waals surface area contributed by atoms with E-state index >= 15 is 0 Å². The fraction of sp³-hybridized carbons (Fsp3) is 0.235. The Bertz CT molecular complexity index is 867. The van der Waals surface area contributed by atoms with Gasteiger partial charge in [0, 0.05) is 17.5 Å². The van der Waals surface area contributed by atoms with E-state index < -0.39 is 32.4 Å². The molecule has 0 amide bonds. The normalized spacial score (nSPS) is 26.1. The molecule has 1 aliphatic rings. The number of rotatable bonds is 5. The summed E-state index contributed by atoms with van der Waals surface area (Å²) in [4.78, 5) is 12.0. The predicted octanol–water partition coefficient (Wildman–Crippen LogP) is 2.31. The maximum atomic E-state index is 13.0. The van der Waals surface area contributed by atoms with E-state index in [1.165, 1.54) is 12.1 Å². The Morgan fingerprint density at radius 1 is 1.12 bits per heavy atom. The number of carboxylic acid groups (broad SMARTS) is 1. The molecular weight excluding hydrogens is 350 g/mol. The van der Waals surface area contributed by atoms with Crippen molar-refractivity contribution in [1.82, 2.24) is 0 Å². The van der Waals surface area contributed by atoms with Crippen LogP contribution in [0, 0.1) is 5.41 Å². The molecular formula is C17H16ClNO4S. The molecule has 0 unspecified atom stereocenters. The molecule has 0 bridgehead atoms. The van der Waals surface area contributed by atoms with Crippen molar-refractivity contribution in [2.24, 2.45) is 11.1 Å². The van der Waals surface area contributed by atoms with Crippen molar-refractivity contribution >= 4 is 27.4 Å². The third-order valence-electron chi connectivity index (χ3n) is 4.63. The Labute approximate surface area is 145 Å². The SMILES string of the molecule is NC[C@]1(C(=O)O)[C@H](c2ccc(Cl)cc2)[C@@H]1S(=O)(=O)c1ccccc1. The minimum Gasteiger partial charge on any atom is -0.481 e. The summed E-state index contributed by atoms with van der Waals surface area (Å²) in [7, 11) is -3.83. The Morgan fingerprint density at radius 3 is 2.21 bits per heavy atom. The van der Waals surface area contributed by atoms with Crippen molar-refractivity contribution in [1.29, 1.82) is 0 Å². The first kappa shape index (κ1) is 17.0. The fourth-order valence-corrected chi connectivity index (χ4v) is 5.88. The molecule has 1 saturated carbocycles. The average molecular weight is 366 g/mol. The molecule has 0 saturated heterocycles. The number of halogens is 1. The second-order valence-corrected chi connectivity index (χ2v) is 8.36. The highest BCUT2D eigenvalue weighted by molar-refractivity contribution is 7.92. The van der Waals surface area contributed by atoms with Crippen molar-refractivity contribution in [2.45, 2.75) is 16.1 Å². The molecule has 5 nitrogen and oxygen atoms in total. The van der Waals surface area contributed by atoms with Crippen LogP contribution >= 0.6 is 11.6 Å². The summed E-state index contributed by atoms with van der Waals surface area (Å²) in [5.74, 6) is -1.91. The summed E-state index contributed by atoms with van der Waals surface area (Å²) < 4.78 is 26.0. The molecule has 0 spiro atoms. The first-order valence-electron chi connectivity index (χ1n) is 7.33. The maximum absolute atomic E-state index is 13.0. The van der Waals surface area contributed by atoms with Gasteiger partial charge in [0.1, 0.15) is 5.41 Å². The van der Waals surface area contributed by atoms with Gasteiger partial charge in [-0.05, 0) is 29.8 Å². The Balaban J connectivity index is 2.11. The quantitative estimate of drug-likeness (QED) is 0.847. The van der Waals surface area contributed by atoms with Gasteiger partial charge in [-0.25, -0.2) is 8.42 Å². The lowest BCUT2D eigenvalue weighted by Gasteiger charge is -2.10. The van der Waals surface area contributed by atoms with Crippen molar-refractivity contribution in [3.63, 3.8) is 0 Å². The lowest BCUT2D eigenvalue weighted by atomic mass is 9.99. The third-order valence-corrected chi connectivity index (χ3v) is 7.17. The lowest BCUT2D eigenvalue weighted by Crippen LogP contribution is -2.31. The summed E-state index contributed by atoms with van der Waals surface area (Å²) >= 11 is 5.87. The highest BCUT2D eigenvalue weighted by Gasteiger charge is 2.75. The molecule has 24 heavy (non-hydrogen) atoms. The largest absolute Gasteiger partial charge is 0.481 e. The highest BCUT2D eigenvalue weighted by Crippen LogP contribution is 2.63. The van der Waals surface area contributed by atoms with E-state index in [9.17, 15) is 18.3 Å². The van der Waals surface area contributed by atoms with E-state index in [-0.39, 0.29) is 11.4 Å². The number of benzene rings is 2. The standard InChI is InChI=1S/C17H16ClNO4S/c18-12-8-6-11(7-9-12)14-15(17(14,10-19)16(20)21)24(22,23)13-4-2-1-3-5-13/h1-9,14-15H,10,19H2,(H,20,21)/t14-,15+,17+/m1/s1. The van der Waals surface area contributed by atoms with Crippen LogP contribution in [-0.4, -0.2) is 31.3 Å². The average Bonchev–Trinajstić information content (AvgIpc) is 3.28. The zero-order valence-electron chi connectivity index (χ0n) is 12.6. The minimum atomic E-state index is -3.83. The van der Waals surface area contributed by atoms with Crippen molar-refractivity contribution in [2.75, 3.05) is 6.54 Å². The molecule has 1 aliphatic carbocycles. The molecule has 0 heterocycles. The number of carboxylic acids is 1. The van der Waals surface area contributed by atoms with Gasteiger partial charge in [0.05, 0.1) is 10.1 Å². The van der Waals surface area contributed by atoms with Crippen LogP contribution in [0.2, 0.25) is 5.02 Å². The third kappa shape index (κ3) is 2.42. The van der Waals surface area contributed by atoms with Crippen LogP contribution in [0.1, 0.15) is 11.5 Å². The maximum Gasteiger partial charge on any atom is 0.312 e. The van der Waals surface area contributed by atoms with Gasteiger partial charge >= 0.3 is 5.97 Å². The Morgan fingerprint density at radius 2 is 1.71 bits per heavy atom. The molecule has 0 aliphatic heterocycles. The van der Waals surface area contributed by atoms with Crippen LogP contribution in [-0.2, 0) is 14.6 Å². The Hall–Kier alpha value is -1.89. The first-order chi connectivity index (χ1) is 11.4. The number of sulfone groups is 1. The molecule has 126 valence electrons. The smallest absolute Gasteiger partial charge is 0.312 e. The molecule has 3 N–H and O–H groups in total. The van der Waals surface area contributed by atoms with Gasteiger partial charge in [0.2, 0.25) is 0 Å². The van der Waals surface area contributed by atoms with Crippen LogP contribution < -0.4 is 5.73 Å². The number of hydrogen-bond acceptors (Lipinski definition) is 4. The topological polar surface area (TPSA) is 97.5 Å². The summed E-state index contributed by atoms with van der Waals surface area (Å²) in [6.45, 7) is -0.258. The highest BCUT2D eigenvalue weighted by atomic mass is 35.5. The fourth-order valence-electron chi connectivity index (χ4n) is 3.35. The summed E-state index contributed by atoms with van der Waals surface area (Å²) in [6.07, 6.45) is 0. The van der Waals surface area contributed by atoms with Gasteiger partial charge in [-0.2, -0.15) is 0 Å². The second-order valence-electron chi connectivity index (χ2n) is 5.86. The lowest BCUT2D eigenvalue weighted by molar-refractivity contribution is -0.143. The zero-order valence-corrected chi connectivity index (χ0v) is 14.2. The van der Waals surface area contributed by atoms with Crippen LogP contribution in [0.4, 0.5) is 0 Å². The summed E-state index contributed by atoms with van der Waals surface area (Å²) in [5.41, 5.74) is 4.80. The molecule has 0 radical (unpaired) electrons. The van der Waals surface area contributed by atoms with Crippen molar-refractivity contribution in [3.05, 3.63) is 65.2 Å². The number of carbonyl (C=O) groups is 1. The number of hydrogen-bond donors (Lipinski definition) is 2. The molecule has 3 atom stereocenters. The van der Waals surface area contributed by atoms with Crippen molar-refractivity contribution in [3.8, 4) is 0 Å². The van der Waals surface area contributed by atoms with Gasteiger partial charge in [-0.3, -0.25) is 4.79 Å². The Kier molecular flexibility index (Phi) is 4.15. The van der Waals surface area contributed by atoms with Crippen LogP contribution in [0.3, 0.4) is 0 Å². The summed E-state index contributed by atoms with van der Waals surface area (Å²) in [6, 6.07) is 14.4. The van der Waals surface area contributed by atoms with E-state index in [2.05, 4.69) is 0 Å². The number of aliphatic carboxylic acids is 1. The molecule has 2 aromatic rings. The summed E-state index contributed by atoms with van der Waals surface area (Å²) in [5, 5.41) is 9.10. The second kappa shape index (κ2) is 5.88. The predicted molar refractivity (Wildman–Crippen MR) is 90.7 cm³/mol. The van der Waals surface area contributed by atoms with Gasteiger partial charge < -0.3 is 10.8 Å².